The first-order valence-electron chi connectivity index (χ1n) is 11.3. The van der Waals surface area contributed by atoms with Crippen LogP contribution in [0.5, 0.6) is 0 Å². The van der Waals surface area contributed by atoms with Crippen LogP contribution in [0.1, 0.15) is 17.5 Å². The van der Waals surface area contributed by atoms with E-state index in [4.69, 9.17) is 0 Å². The van der Waals surface area contributed by atoms with Gasteiger partial charge in [0.25, 0.3) is 15.9 Å². The number of para-hydroxylation sites is 2. The molecule has 0 aromatic heterocycles. The van der Waals surface area contributed by atoms with Crippen LogP contribution in [-0.4, -0.2) is 21.4 Å². The lowest BCUT2D eigenvalue weighted by Crippen LogP contribution is -2.47. The van der Waals surface area contributed by atoms with Gasteiger partial charge in [0, 0.05) is 24.0 Å². The summed E-state index contributed by atoms with van der Waals surface area (Å²) >= 11 is 0. The molecule has 0 bridgehead atoms. The molecule has 35 heavy (non-hydrogen) atoms. The number of hydrogen-bond donors (Lipinski definition) is 1. The zero-order chi connectivity index (χ0) is 24.6. The number of carbonyl (C=O) groups excluding carboxylic acids is 1. The number of anilines is 2. The number of nitrogens with one attached hydrogen (secondary N) is 1. The van der Waals surface area contributed by atoms with Gasteiger partial charge in [-0.1, -0.05) is 66.2 Å². The van der Waals surface area contributed by atoms with E-state index in [0.29, 0.717) is 17.7 Å². The van der Waals surface area contributed by atoms with Crippen LogP contribution in [-0.2, 0) is 14.8 Å². The first-order chi connectivity index (χ1) is 16.9. The number of likely N-dealkylation sites (N-methyl/N-ethyl adjacent to an activating group) is 1. The maximum absolute atomic E-state index is 13.9. The predicted molar refractivity (Wildman–Crippen MR) is 139 cm³/mol. The van der Waals surface area contributed by atoms with Crippen molar-refractivity contribution < 1.29 is 13.2 Å². The number of sulfonamides is 1. The Morgan fingerprint density at radius 2 is 1.63 bits per heavy atom. The Labute approximate surface area is 205 Å². The fourth-order valence-corrected chi connectivity index (χ4v) is 5.71. The van der Waals surface area contributed by atoms with Crippen molar-refractivity contribution in [3.63, 3.8) is 0 Å². The van der Waals surface area contributed by atoms with Gasteiger partial charge in [-0.3, -0.25) is 4.79 Å². The maximum Gasteiger partial charge on any atom is 0.281 e. The first-order valence-corrected chi connectivity index (χ1v) is 12.7. The van der Waals surface area contributed by atoms with Gasteiger partial charge in [-0.05, 0) is 55.3 Å². The molecular weight excluding hydrogens is 458 g/mol. The number of amides is 1. The average Bonchev–Trinajstić information content (AvgIpc) is 2.88. The molecule has 1 aliphatic carbocycles. The largest absolute Gasteiger partial charge is 0.344 e. The Morgan fingerprint density at radius 1 is 0.943 bits per heavy atom. The molecule has 1 heterocycles. The minimum atomic E-state index is -4.08. The second kappa shape index (κ2) is 8.92. The second-order valence-corrected chi connectivity index (χ2v) is 10.3. The van der Waals surface area contributed by atoms with Crippen LogP contribution in [0.3, 0.4) is 0 Å². The molecule has 1 aliphatic heterocycles. The van der Waals surface area contributed by atoms with E-state index in [-0.39, 0.29) is 4.90 Å². The Hall–Kier alpha value is -4.10. The smallest absolute Gasteiger partial charge is 0.281 e. The van der Waals surface area contributed by atoms with Crippen LogP contribution in [0.2, 0.25) is 0 Å². The first kappa shape index (κ1) is 22.7. The molecule has 3 aromatic rings. The quantitative estimate of drug-likeness (QED) is 0.521. The summed E-state index contributed by atoms with van der Waals surface area (Å²) in [7, 11) is -2.11. The van der Waals surface area contributed by atoms with Crippen LogP contribution in [0.15, 0.2) is 113 Å². The highest BCUT2D eigenvalue weighted by molar-refractivity contribution is 7.92. The topological polar surface area (TPSA) is 69.7 Å². The van der Waals surface area contributed by atoms with Crippen LogP contribution in [0.4, 0.5) is 11.4 Å². The number of aryl methyl sites for hydroxylation is 1. The van der Waals surface area contributed by atoms with Crippen molar-refractivity contribution in [1.82, 2.24) is 5.43 Å². The van der Waals surface area contributed by atoms with Gasteiger partial charge in [0.05, 0.1) is 16.2 Å². The van der Waals surface area contributed by atoms with Crippen LogP contribution in [0.25, 0.3) is 5.57 Å². The minimum absolute atomic E-state index is 0.0925. The van der Waals surface area contributed by atoms with E-state index in [1.807, 2.05) is 56.5 Å². The van der Waals surface area contributed by atoms with E-state index in [9.17, 15) is 13.2 Å². The van der Waals surface area contributed by atoms with E-state index in [2.05, 4.69) is 10.3 Å². The normalized spacial score (nSPS) is 14.7. The van der Waals surface area contributed by atoms with Crippen LogP contribution < -0.4 is 14.7 Å². The monoisotopic (exact) mass is 483 g/mol. The van der Waals surface area contributed by atoms with Gasteiger partial charge in [0.2, 0.25) is 0 Å². The molecule has 2 aliphatic rings. The highest BCUT2D eigenvalue weighted by Gasteiger charge is 2.33. The van der Waals surface area contributed by atoms with Crippen molar-refractivity contribution >= 4 is 32.9 Å². The van der Waals surface area contributed by atoms with Gasteiger partial charge in [-0.2, -0.15) is 12.8 Å². The SMILES string of the molecule is Cc1ccc(S(=O)(=O)N(NC(=O)C2=C3CC=CC=C3N(C)c3ccccc32)c2ccccc2)cc1. The summed E-state index contributed by atoms with van der Waals surface area (Å²) < 4.78 is 28.4. The lowest BCUT2D eigenvalue weighted by molar-refractivity contribution is -0.115. The molecule has 1 amide bonds. The van der Waals surface area contributed by atoms with E-state index in [1.54, 1.807) is 54.6 Å². The molecule has 0 saturated carbocycles. The summed E-state index contributed by atoms with van der Waals surface area (Å²) in [5.41, 5.74) is 7.89. The van der Waals surface area contributed by atoms with Crippen molar-refractivity contribution in [2.45, 2.75) is 18.2 Å². The molecule has 1 N–H and O–H groups in total. The average molecular weight is 484 g/mol. The Balaban J connectivity index is 1.61. The third kappa shape index (κ3) is 4.04. The standard InChI is InChI=1S/C28H25N3O3S/c1-20-16-18-22(19-17-20)35(33,34)31(21-10-4-3-5-11-21)29-28(32)27-23-12-6-8-14-25(23)30(2)26-15-9-7-13-24(26)27/h3-12,14-19H,13H2,1-2H3,(H,29,32). The molecular formula is C28H25N3O3S. The number of allylic oxidation sites excluding steroid dienone is 4. The lowest BCUT2D eigenvalue weighted by atomic mass is 9.87. The minimum Gasteiger partial charge on any atom is -0.344 e. The number of hydrazine groups is 1. The molecule has 0 radical (unpaired) electrons. The lowest BCUT2D eigenvalue weighted by Gasteiger charge is -2.35. The third-order valence-corrected chi connectivity index (χ3v) is 7.85. The number of carbonyl (C=O) groups is 1. The molecule has 0 spiro atoms. The predicted octanol–water partition coefficient (Wildman–Crippen LogP) is 4.97. The third-order valence-electron chi connectivity index (χ3n) is 6.20. The number of hydrogen-bond acceptors (Lipinski definition) is 4. The number of rotatable bonds is 5. The zero-order valence-electron chi connectivity index (χ0n) is 19.5. The van der Waals surface area contributed by atoms with Crippen molar-refractivity contribution in [2.24, 2.45) is 0 Å². The molecule has 0 fully saturated rings. The van der Waals surface area contributed by atoms with Gasteiger partial charge < -0.3 is 4.90 Å². The fourth-order valence-electron chi connectivity index (χ4n) is 4.41. The Morgan fingerprint density at radius 3 is 2.37 bits per heavy atom. The van der Waals surface area contributed by atoms with E-state index >= 15 is 0 Å². The molecule has 5 rings (SSSR count). The molecule has 7 heteroatoms. The summed E-state index contributed by atoms with van der Waals surface area (Å²) in [5, 5.41) is 0. The Kier molecular flexibility index (Phi) is 5.78. The maximum atomic E-state index is 13.9. The van der Waals surface area contributed by atoms with E-state index in [1.165, 1.54) is 0 Å². The summed E-state index contributed by atoms with van der Waals surface area (Å²) in [5.74, 6) is -0.485. The number of benzene rings is 3. The highest BCUT2D eigenvalue weighted by atomic mass is 32.2. The highest BCUT2D eigenvalue weighted by Crippen LogP contribution is 2.42. The van der Waals surface area contributed by atoms with Gasteiger partial charge in [0.1, 0.15) is 0 Å². The van der Waals surface area contributed by atoms with Crippen LogP contribution in [0, 0.1) is 6.92 Å². The molecule has 6 nitrogen and oxygen atoms in total. The van der Waals surface area contributed by atoms with Gasteiger partial charge in [-0.15, -0.1) is 0 Å². The van der Waals surface area contributed by atoms with Crippen molar-refractivity contribution in [3.8, 4) is 0 Å². The van der Waals surface area contributed by atoms with Crippen molar-refractivity contribution in [3.05, 3.63) is 119 Å². The summed E-state index contributed by atoms with van der Waals surface area (Å²) in [4.78, 5) is 16.0. The molecule has 3 aromatic carbocycles. The molecule has 176 valence electrons. The van der Waals surface area contributed by atoms with Gasteiger partial charge in [-0.25, -0.2) is 5.43 Å². The number of fused-ring (bicyclic) bond motifs is 2. The van der Waals surface area contributed by atoms with E-state index in [0.717, 1.165) is 32.5 Å². The summed E-state index contributed by atoms with van der Waals surface area (Å²) in [6.45, 7) is 1.89. The van der Waals surface area contributed by atoms with Gasteiger partial charge >= 0.3 is 0 Å². The fraction of sp³-hybridized carbons (Fsp3) is 0.107. The number of nitrogens with zero attached hydrogens (tertiary/aromatic N) is 2. The van der Waals surface area contributed by atoms with E-state index < -0.39 is 15.9 Å². The zero-order valence-corrected chi connectivity index (χ0v) is 20.3. The second-order valence-electron chi connectivity index (χ2n) is 8.47. The van der Waals surface area contributed by atoms with Gasteiger partial charge in [0.15, 0.2) is 0 Å². The molecule has 0 unspecified atom stereocenters. The molecule has 0 saturated heterocycles. The summed E-state index contributed by atoms with van der Waals surface area (Å²) in [6.07, 6.45) is 6.51. The van der Waals surface area contributed by atoms with Crippen molar-refractivity contribution in [1.29, 1.82) is 0 Å². The molecule has 0 atom stereocenters. The van der Waals surface area contributed by atoms with Crippen LogP contribution >= 0.6 is 0 Å². The van der Waals surface area contributed by atoms with Crippen molar-refractivity contribution in [2.75, 3.05) is 16.4 Å². The summed E-state index contributed by atoms with van der Waals surface area (Å²) in [6, 6.07) is 22.8. The Bertz CT molecular complexity index is 1490.